The summed E-state index contributed by atoms with van der Waals surface area (Å²) in [4.78, 5) is 34.2. The lowest BCUT2D eigenvalue weighted by atomic mass is 9.90. The first-order valence-electron chi connectivity index (χ1n) is 12.5. The Kier molecular flexibility index (Phi) is 12.4. The van der Waals surface area contributed by atoms with Crippen LogP contribution in [0.4, 0.5) is 0 Å². The van der Waals surface area contributed by atoms with Crippen molar-refractivity contribution in [2.24, 2.45) is 17.8 Å². The molecule has 5 N–H and O–H groups in total. The summed E-state index contributed by atoms with van der Waals surface area (Å²) in [6.45, 7) is 6.20. The van der Waals surface area contributed by atoms with Crippen LogP contribution in [0.3, 0.4) is 0 Å². The second kappa shape index (κ2) is 14.3. The smallest absolute Gasteiger partial charge is 0.394 e. The monoisotopic (exact) mass is 539 g/mol. The fourth-order valence-electron chi connectivity index (χ4n) is 4.87. The number of ketones is 1. The fourth-order valence-corrected chi connectivity index (χ4v) is 5.84. The molecule has 0 aromatic heterocycles. The molecule has 36 heavy (non-hydrogen) atoms. The lowest BCUT2D eigenvalue weighted by molar-refractivity contribution is -0.270. The zero-order valence-electron chi connectivity index (χ0n) is 21.4. The van der Waals surface area contributed by atoms with Crippen LogP contribution in [-0.4, -0.2) is 88.5 Å². The highest BCUT2D eigenvalue weighted by molar-refractivity contribution is 7.47. The second-order valence-corrected chi connectivity index (χ2v) is 11.5. The number of carbonyl (C=O) groups excluding carboxylic acids is 2. The van der Waals surface area contributed by atoms with E-state index in [0.29, 0.717) is 31.6 Å². The highest BCUT2D eigenvalue weighted by Crippen LogP contribution is 2.47. The summed E-state index contributed by atoms with van der Waals surface area (Å²) >= 11 is 0. The van der Waals surface area contributed by atoms with Crippen LogP contribution in [0.1, 0.15) is 59.8 Å². The van der Waals surface area contributed by atoms with Gasteiger partial charge in [-0.25, -0.2) is 4.57 Å². The zero-order valence-corrected chi connectivity index (χ0v) is 22.3. The molecule has 1 heterocycles. The Morgan fingerprint density at radius 1 is 1.17 bits per heavy atom. The molecule has 1 amide bonds. The molecule has 7 unspecified atom stereocenters. The molecule has 210 valence electrons. The molecule has 9 atom stereocenters. The number of aliphatic hydroxyl groups is 3. The molecule has 12 nitrogen and oxygen atoms in total. The van der Waals surface area contributed by atoms with E-state index in [-0.39, 0.29) is 30.8 Å². The van der Waals surface area contributed by atoms with Crippen LogP contribution in [0.2, 0.25) is 0 Å². The SMILES string of the molecule is CC(=O)NC1C(OCCCCC(=O)C2C[C@H](C)C[C@H]2COP(=O)(O)OC(C)C)OC(CO)C(O)C1O. The van der Waals surface area contributed by atoms with Crippen molar-refractivity contribution in [3.8, 4) is 0 Å². The molecule has 13 heteroatoms. The maximum absolute atomic E-state index is 12.9. The number of hydrogen-bond acceptors (Lipinski definition) is 10. The number of amides is 1. The summed E-state index contributed by atoms with van der Waals surface area (Å²) in [6.07, 6.45) is -2.60. The molecule has 2 fully saturated rings. The van der Waals surface area contributed by atoms with E-state index in [2.05, 4.69) is 5.32 Å². The van der Waals surface area contributed by atoms with Crippen molar-refractivity contribution < 1.29 is 52.9 Å². The predicted octanol–water partition coefficient (Wildman–Crippen LogP) is 0.890. The van der Waals surface area contributed by atoms with Crippen molar-refractivity contribution >= 4 is 19.5 Å². The summed E-state index contributed by atoms with van der Waals surface area (Å²) in [5.41, 5.74) is 0. The van der Waals surface area contributed by atoms with Gasteiger partial charge in [0.25, 0.3) is 0 Å². The van der Waals surface area contributed by atoms with Gasteiger partial charge in [0.05, 0.1) is 19.3 Å². The number of carbonyl (C=O) groups is 2. The Balaban J connectivity index is 1.81. The number of rotatable bonds is 14. The molecule has 0 aromatic carbocycles. The lowest BCUT2D eigenvalue weighted by Crippen LogP contribution is -2.64. The van der Waals surface area contributed by atoms with E-state index in [1.165, 1.54) is 6.92 Å². The Labute approximate surface area is 212 Å². The van der Waals surface area contributed by atoms with E-state index in [1.54, 1.807) is 13.8 Å². The number of unbranched alkanes of at least 4 members (excludes halogenated alkanes) is 1. The normalized spacial score (nSPS) is 34.5. The topological polar surface area (TPSA) is 181 Å². The van der Waals surface area contributed by atoms with Crippen LogP contribution in [0.5, 0.6) is 0 Å². The van der Waals surface area contributed by atoms with Crippen molar-refractivity contribution in [2.75, 3.05) is 19.8 Å². The van der Waals surface area contributed by atoms with Crippen molar-refractivity contribution in [2.45, 2.75) is 96.5 Å². The third-order valence-electron chi connectivity index (χ3n) is 6.49. The van der Waals surface area contributed by atoms with Gasteiger partial charge in [-0.15, -0.1) is 0 Å². The number of Topliss-reactive ketones (excluding diaryl/α,β-unsaturated/α-hetero) is 1. The second-order valence-electron chi connectivity index (χ2n) is 10.1. The Morgan fingerprint density at radius 3 is 2.47 bits per heavy atom. The highest BCUT2D eigenvalue weighted by Gasteiger charge is 2.45. The number of hydrogen-bond donors (Lipinski definition) is 5. The van der Waals surface area contributed by atoms with Crippen LogP contribution >= 0.6 is 7.82 Å². The first kappa shape index (κ1) is 31.3. The number of aliphatic hydroxyl groups excluding tert-OH is 3. The Morgan fingerprint density at radius 2 is 1.86 bits per heavy atom. The van der Waals surface area contributed by atoms with Crippen molar-refractivity contribution in [3.63, 3.8) is 0 Å². The summed E-state index contributed by atoms with van der Waals surface area (Å²) in [6, 6.07) is -1.01. The number of phosphoric acid groups is 1. The van der Waals surface area contributed by atoms with Gasteiger partial charge >= 0.3 is 7.82 Å². The van der Waals surface area contributed by atoms with Crippen molar-refractivity contribution in [3.05, 3.63) is 0 Å². The maximum atomic E-state index is 12.9. The minimum atomic E-state index is -4.17. The van der Waals surface area contributed by atoms with Crippen LogP contribution in [0.25, 0.3) is 0 Å². The van der Waals surface area contributed by atoms with Gasteiger partial charge in [-0.1, -0.05) is 6.92 Å². The molecular formula is C23H42NO11P. The summed E-state index contributed by atoms with van der Waals surface area (Å²) in [7, 11) is -4.17. The molecule has 1 saturated carbocycles. The molecular weight excluding hydrogens is 497 g/mol. The van der Waals surface area contributed by atoms with Crippen LogP contribution < -0.4 is 5.32 Å². The molecule has 2 aliphatic rings. The molecule has 1 saturated heterocycles. The first-order chi connectivity index (χ1) is 16.8. The third-order valence-corrected chi connectivity index (χ3v) is 7.65. The Hall–Kier alpha value is -0.950. The number of ether oxygens (including phenoxy) is 2. The maximum Gasteiger partial charge on any atom is 0.472 e. The molecule has 2 rings (SSSR count). The van der Waals surface area contributed by atoms with Crippen molar-refractivity contribution in [1.82, 2.24) is 5.32 Å². The summed E-state index contributed by atoms with van der Waals surface area (Å²) in [5, 5.41) is 32.2. The lowest BCUT2D eigenvalue weighted by Gasteiger charge is -2.42. The first-order valence-corrected chi connectivity index (χ1v) is 14.0. The predicted molar refractivity (Wildman–Crippen MR) is 128 cm³/mol. The average molecular weight is 540 g/mol. The average Bonchev–Trinajstić information content (AvgIpc) is 3.16. The quantitative estimate of drug-likeness (QED) is 0.156. The molecule has 1 aliphatic heterocycles. The van der Waals surface area contributed by atoms with Gasteiger partial charge in [-0.05, 0) is 51.4 Å². The molecule has 1 aliphatic carbocycles. The van der Waals surface area contributed by atoms with E-state index in [4.69, 9.17) is 18.5 Å². The van der Waals surface area contributed by atoms with E-state index in [9.17, 15) is 34.4 Å². The fraction of sp³-hybridized carbons (Fsp3) is 0.913. The van der Waals surface area contributed by atoms with E-state index >= 15 is 0 Å². The Bertz CT molecular complexity index is 766. The molecule has 0 radical (unpaired) electrons. The van der Waals surface area contributed by atoms with Gasteiger partial charge in [-0.2, -0.15) is 0 Å². The third kappa shape index (κ3) is 9.41. The van der Waals surface area contributed by atoms with Gasteiger partial charge in [0.15, 0.2) is 6.29 Å². The highest BCUT2D eigenvalue weighted by atomic mass is 31.2. The molecule has 0 aromatic rings. The minimum Gasteiger partial charge on any atom is -0.394 e. The molecule has 0 spiro atoms. The van der Waals surface area contributed by atoms with Gasteiger partial charge in [-0.3, -0.25) is 18.6 Å². The van der Waals surface area contributed by atoms with Crippen LogP contribution in [0.15, 0.2) is 0 Å². The van der Waals surface area contributed by atoms with Crippen LogP contribution in [0, 0.1) is 17.8 Å². The van der Waals surface area contributed by atoms with Crippen molar-refractivity contribution in [1.29, 1.82) is 0 Å². The van der Waals surface area contributed by atoms with Gasteiger partial charge < -0.3 is 35.0 Å². The van der Waals surface area contributed by atoms with E-state index in [0.717, 1.165) is 6.42 Å². The standard InChI is InChI=1S/C23H42NO11P/c1-13(2)35-36(30,31)33-12-16-9-14(3)10-17(16)18(27)7-5-6-8-32-23-20(24-15(4)26)22(29)21(28)19(11-25)34-23/h13-14,16-17,19-23,25,28-29H,5-12H2,1-4H3,(H,24,26)(H,30,31)/t14-,16+,17?,19?,20?,21?,22?,23?/m1/s1. The van der Waals surface area contributed by atoms with Gasteiger partial charge in [0.2, 0.25) is 5.91 Å². The van der Waals surface area contributed by atoms with Gasteiger partial charge in [0, 0.05) is 25.9 Å². The number of phosphoric ester groups is 1. The largest absolute Gasteiger partial charge is 0.472 e. The molecule has 0 bridgehead atoms. The van der Waals surface area contributed by atoms with E-state index < -0.39 is 57.1 Å². The van der Waals surface area contributed by atoms with Crippen LogP contribution in [-0.2, 0) is 32.7 Å². The van der Waals surface area contributed by atoms with Gasteiger partial charge in [0.1, 0.15) is 30.1 Å². The number of nitrogens with one attached hydrogen (secondary N) is 1. The summed E-state index contributed by atoms with van der Waals surface area (Å²) < 4.78 is 33.3. The zero-order chi connectivity index (χ0) is 27.0. The summed E-state index contributed by atoms with van der Waals surface area (Å²) in [5.74, 6) is -0.482. The van der Waals surface area contributed by atoms with E-state index in [1.807, 2.05) is 6.92 Å². The minimum absolute atomic E-state index is 0.0197.